The zero-order valence-electron chi connectivity index (χ0n) is 11.4. The van der Waals surface area contributed by atoms with Crippen LogP contribution in [0.15, 0.2) is 29.1 Å². The summed E-state index contributed by atoms with van der Waals surface area (Å²) in [6, 6.07) is 7.26. The summed E-state index contributed by atoms with van der Waals surface area (Å²) < 4.78 is 5.07. The van der Waals surface area contributed by atoms with E-state index in [-0.39, 0.29) is 18.2 Å². The maximum atomic E-state index is 11.9. The van der Waals surface area contributed by atoms with E-state index in [1.807, 2.05) is 18.2 Å². The minimum Gasteiger partial charge on any atom is -0.396 e. The number of aromatic amines is 1. The van der Waals surface area contributed by atoms with Gasteiger partial charge in [0.2, 0.25) is 0 Å². The summed E-state index contributed by atoms with van der Waals surface area (Å²) in [7, 11) is 1.61. The lowest BCUT2D eigenvalue weighted by Gasteiger charge is -2.16. The highest BCUT2D eigenvalue weighted by Crippen LogP contribution is 2.05. The van der Waals surface area contributed by atoms with Gasteiger partial charge in [0.25, 0.3) is 5.56 Å². The Labute approximate surface area is 116 Å². The largest absolute Gasteiger partial charge is 0.396 e. The van der Waals surface area contributed by atoms with E-state index in [4.69, 9.17) is 9.84 Å². The molecule has 6 heteroatoms. The molecule has 1 atom stereocenters. The van der Waals surface area contributed by atoms with Crippen LogP contribution in [0.3, 0.4) is 0 Å². The van der Waals surface area contributed by atoms with Crippen molar-refractivity contribution in [1.29, 1.82) is 0 Å². The molecule has 1 aromatic heterocycles. The monoisotopic (exact) mass is 277 g/mol. The molecule has 0 fully saturated rings. The van der Waals surface area contributed by atoms with Crippen molar-refractivity contribution < 1.29 is 9.84 Å². The fourth-order valence-corrected chi connectivity index (χ4v) is 2.06. The van der Waals surface area contributed by atoms with Crippen molar-refractivity contribution in [1.82, 2.24) is 15.3 Å². The SMILES string of the molecule is COCC(CCO)NCc1nc2ccccc2c(=O)[nH]1. The van der Waals surface area contributed by atoms with E-state index in [1.54, 1.807) is 13.2 Å². The third-order valence-electron chi connectivity index (χ3n) is 3.07. The number of H-pyrrole nitrogens is 1. The highest BCUT2D eigenvalue weighted by Gasteiger charge is 2.09. The zero-order valence-corrected chi connectivity index (χ0v) is 11.4. The number of ether oxygens (including phenoxy) is 1. The van der Waals surface area contributed by atoms with E-state index < -0.39 is 0 Å². The second kappa shape index (κ2) is 7.14. The van der Waals surface area contributed by atoms with Crippen molar-refractivity contribution in [2.24, 2.45) is 0 Å². The zero-order chi connectivity index (χ0) is 14.4. The van der Waals surface area contributed by atoms with E-state index >= 15 is 0 Å². The van der Waals surface area contributed by atoms with Crippen molar-refractivity contribution in [3.05, 3.63) is 40.4 Å². The predicted molar refractivity (Wildman–Crippen MR) is 76.6 cm³/mol. The number of fused-ring (bicyclic) bond motifs is 1. The Morgan fingerprint density at radius 1 is 1.45 bits per heavy atom. The first-order valence-electron chi connectivity index (χ1n) is 6.55. The quantitative estimate of drug-likeness (QED) is 0.682. The number of nitrogens with one attached hydrogen (secondary N) is 2. The molecule has 0 aliphatic carbocycles. The molecule has 0 saturated heterocycles. The third kappa shape index (κ3) is 3.63. The smallest absolute Gasteiger partial charge is 0.258 e. The minimum atomic E-state index is -0.141. The van der Waals surface area contributed by atoms with Gasteiger partial charge in [0, 0.05) is 19.8 Å². The van der Waals surface area contributed by atoms with E-state index in [0.29, 0.717) is 36.3 Å². The lowest BCUT2D eigenvalue weighted by molar-refractivity contribution is 0.147. The summed E-state index contributed by atoms with van der Waals surface area (Å²) in [5.41, 5.74) is 0.538. The molecule has 0 aliphatic rings. The van der Waals surface area contributed by atoms with E-state index in [2.05, 4.69) is 15.3 Å². The Bertz CT molecular complexity index is 606. The first-order chi connectivity index (χ1) is 9.74. The maximum Gasteiger partial charge on any atom is 0.258 e. The van der Waals surface area contributed by atoms with Crippen LogP contribution in [0.1, 0.15) is 12.2 Å². The van der Waals surface area contributed by atoms with Gasteiger partial charge in [0.15, 0.2) is 0 Å². The van der Waals surface area contributed by atoms with E-state index in [0.717, 1.165) is 0 Å². The second-order valence-electron chi connectivity index (χ2n) is 4.58. The van der Waals surface area contributed by atoms with Gasteiger partial charge in [-0.05, 0) is 18.6 Å². The van der Waals surface area contributed by atoms with Gasteiger partial charge >= 0.3 is 0 Å². The number of hydrogen-bond donors (Lipinski definition) is 3. The number of para-hydroxylation sites is 1. The molecule has 0 aliphatic heterocycles. The number of aromatic nitrogens is 2. The lowest BCUT2D eigenvalue weighted by Crippen LogP contribution is -2.34. The molecule has 6 nitrogen and oxygen atoms in total. The summed E-state index contributed by atoms with van der Waals surface area (Å²) in [6.45, 7) is 1.01. The average molecular weight is 277 g/mol. The fourth-order valence-electron chi connectivity index (χ4n) is 2.06. The van der Waals surface area contributed by atoms with Crippen LogP contribution in [-0.2, 0) is 11.3 Å². The molecule has 0 saturated carbocycles. The van der Waals surface area contributed by atoms with Crippen LogP contribution in [0, 0.1) is 0 Å². The number of rotatable bonds is 7. The fraction of sp³-hybridized carbons (Fsp3) is 0.429. The number of methoxy groups -OCH3 is 1. The summed E-state index contributed by atoms with van der Waals surface area (Å²) in [5.74, 6) is 0.577. The Kier molecular flexibility index (Phi) is 5.23. The van der Waals surface area contributed by atoms with Gasteiger partial charge in [0.1, 0.15) is 5.82 Å². The summed E-state index contributed by atoms with van der Waals surface area (Å²) >= 11 is 0. The van der Waals surface area contributed by atoms with Crippen LogP contribution in [0.2, 0.25) is 0 Å². The van der Waals surface area contributed by atoms with Crippen molar-refractivity contribution >= 4 is 10.9 Å². The van der Waals surface area contributed by atoms with Crippen LogP contribution in [0.25, 0.3) is 10.9 Å². The first kappa shape index (κ1) is 14.6. The molecule has 0 bridgehead atoms. The van der Waals surface area contributed by atoms with Crippen LogP contribution in [0.4, 0.5) is 0 Å². The third-order valence-corrected chi connectivity index (χ3v) is 3.07. The number of aliphatic hydroxyl groups is 1. The number of nitrogens with zero attached hydrogens (tertiary/aromatic N) is 1. The molecule has 0 spiro atoms. The number of benzene rings is 1. The Morgan fingerprint density at radius 2 is 2.25 bits per heavy atom. The van der Waals surface area contributed by atoms with Gasteiger partial charge in [-0.2, -0.15) is 0 Å². The predicted octanol–water partition coefficient (Wildman–Crippen LogP) is 0.410. The second-order valence-corrected chi connectivity index (χ2v) is 4.58. The van der Waals surface area contributed by atoms with E-state index in [9.17, 15) is 4.79 Å². The van der Waals surface area contributed by atoms with Crippen molar-refractivity contribution in [3.63, 3.8) is 0 Å². The molecule has 2 aromatic rings. The average Bonchev–Trinajstić information content (AvgIpc) is 2.45. The van der Waals surface area contributed by atoms with Crippen molar-refractivity contribution in [2.75, 3.05) is 20.3 Å². The van der Waals surface area contributed by atoms with Crippen LogP contribution < -0.4 is 10.9 Å². The minimum absolute atomic E-state index is 0.0294. The Hall–Kier alpha value is -1.76. The first-order valence-corrected chi connectivity index (χ1v) is 6.55. The highest BCUT2D eigenvalue weighted by molar-refractivity contribution is 5.77. The molecule has 108 valence electrons. The van der Waals surface area contributed by atoms with Crippen LogP contribution in [-0.4, -0.2) is 41.4 Å². The molecule has 1 unspecified atom stereocenters. The topological polar surface area (TPSA) is 87.2 Å². The molecule has 0 amide bonds. The van der Waals surface area contributed by atoms with Gasteiger partial charge < -0.3 is 20.1 Å². The molecule has 0 radical (unpaired) electrons. The molecule has 1 aromatic carbocycles. The van der Waals surface area contributed by atoms with Crippen molar-refractivity contribution in [3.8, 4) is 0 Å². The van der Waals surface area contributed by atoms with Gasteiger partial charge in [-0.3, -0.25) is 4.79 Å². The van der Waals surface area contributed by atoms with Gasteiger partial charge in [-0.15, -0.1) is 0 Å². The number of aliphatic hydroxyl groups excluding tert-OH is 1. The highest BCUT2D eigenvalue weighted by atomic mass is 16.5. The molecule has 3 N–H and O–H groups in total. The Balaban J connectivity index is 2.11. The summed E-state index contributed by atoms with van der Waals surface area (Å²) in [5, 5.41) is 12.8. The van der Waals surface area contributed by atoms with Crippen LogP contribution >= 0.6 is 0 Å². The maximum absolute atomic E-state index is 11.9. The normalized spacial score (nSPS) is 12.7. The molecular formula is C14H19N3O3. The van der Waals surface area contributed by atoms with E-state index in [1.165, 1.54) is 0 Å². The summed E-state index contributed by atoms with van der Waals surface area (Å²) in [6.07, 6.45) is 0.589. The molecular weight excluding hydrogens is 258 g/mol. The van der Waals surface area contributed by atoms with Crippen molar-refractivity contribution in [2.45, 2.75) is 19.0 Å². The molecule has 2 rings (SSSR count). The summed E-state index contributed by atoms with van der Waals surface area (Å²) in [4.78, 5) is 19.1. The van der Waals surface area contributed by atoms with Gasteiger partial charge in [0.05, 0.1) is 24.1 Å². The molecule has 1 heterocycles. The number of hydrogen-bond acceptors (Lipinski definition) is 5. The Morgan fingerprint density at radius 3 is 3.00 bits per heavy atom. The van der Waals surface area contributed by atoms with Gasteiger partial charge in [-0.25, -0.2) is 4.98 Å². The lowest BCUT2D eigenvalue weighted by atomic mass is 10.2. The van der Waals surface area contributed by atoms with Gasteiger partial charge in [-0.1, -0.05) is 12.1 Å². The van der Waals surface area contributed by atoms with Crippen LogP contribution in [0.5, 0.6) is 0 Å². The molecule has 20 heavy (non-hydrogen) atoms. The standard InChI is InChI=1S/C14H19N3O3/c1-20-9-10(6-7-18)15-8-13-16-12-5-3-2-4-11(12)14(19)17-13/h2-5,10,15,18H,6-9H2,1H3,(H,16,17,19).